The van der Waals surface area contributed by atoms with Gasteiger partial charge in [0.15, 0.2) is 0 Å². The van der Waals surface area contributed by atoms with E-state index in [4.69, 9.17) is 5.73 Å². The van der Waals surface area contributed by atoms with Crippen molar-refractivity contribution in [1.82, 2.24) is 5.32 Å². The minimum atomic E-state index is 0.828. The van der Waals surface area contributed by atoms with E-state index in [0.717, 1.165) is 24.3 Å². The van der Waals surface area contributed by atoms with Gasteiger partial charge < -0.3 is 11.1 Å². The van der Waals surface area contributed by atoms with Crippen molar-refractivity contribution in [2.24, 2.45) is 23.5 Å². The van der Waals surface area contributed by atoms with Crippen molar-refractivity contribution in [3.63, 3.8) is 0 Å². The Morgan fingerprint density at radius 1 is 0.786 bits per heavy atom. The SMILES string of the molecule is NCC1CCC(CNCC2CC2)CC1. The van der Waals surface area contributed by atoms with Gasteiger partial charge in [0.25, 0.3) is 0 Å². The summed E-state index contributed by atoms with van der Waals surface area (Å²) in [5, 5.41) is 3.62. The van der Waals surface area contributed by atoms with Crippen molar-refractivity contribution < 1.29 is 0 Å². The maximum Gasteiger partial charge on any atom is -0.00204 e. The van der Waals surface area contributed by atoms with Gasteiger partial charge in [-0.2, -0.15) is 0 Å². The minimum Gasteiger partial charge on any atom is -0.330 e. The molecule has 2 aliphatic rings. The third-order valence-electron chi connectivity index (χ3n) is 3.86. The number of hydrogen-bond acceptors (Lipinski definition) is 2. The fourth-order valence-corrected chi connectivity index (χ4v) is 2.48. The van der Waals surface area contributed by atoms with Crippen LogP contribution in [0.5, 0.6) is 0 Å². The molecule has 0 aliphatic heterocycles. The molecule has 0 radical (unpaired) electrons. The lowest BCUT2D eigenvalue weighted by Crippen LogP contribution is -2.29. The van der Waals surface area contributed by atoms with Crippen molar-refractivity contribution in [2.45, 2.75) is 38.5 Å². The lowest BCUT2D eigenvalue weighted by atomic mass is 9.82. The first kappa shape index (κ1) is 10.4. The van der Waals surface area contributed by atoms with E-state index in [0.29, 0.717) is 0 Å². The van der Waals surface area contributed by atoms with Gasteiger partial charge in [-0.25, -0.2) is 0 Å². The molecule has 2 rings (SSSR count). The standard InChI is InChI=1S/C12H24N2/c13-7-10-1-3-11(4-2-10)8-14-9-12-5-6-12/h10-12,14H,1-9,13H2. The Labute approximate surface area is 87.6 Å². The molecule has 0 unspecified atom stereocenters. The fourth-order valence-electron chi connectivity index (χ4n) is 2.48. The summed E-state index contributed by atoms with van der Waals surface area (Å²) in [4.78, 5) is 0. The number of hydrogen-bond donors (Lipinski definition) is 2. The summed E-state index contributed by atoms with van der Waals surface area (Å²) in [5.74, 6) is 2.79. The van der Waals surface area contributed by atoms with Gasteiger partial charge in [-0.1, -0.05) is 0 Å². The molecule has 0 aromatic carbocycles. The largest absolute Gasteiger partial charge is 0.330 e. The van der Waals surface area contributed by atoms with Gasteiger partial charge in [-0.15, -0.1) is 0 Å². The zero-order chi connectivity index (χ0) is 9.80. The Kier molecular flexibility index (Phi) is 3.82. The summed E-state index contributed by atoms with van der Waals surface area (Å²) in [6, 6.07) is 0. The monoisotopic (exact) mass is 196 g/mol. The smallest absolute Gasteiger partial charge is 0.00204 e. The predicted octanol–water partition coefficient (Wildman–Crippen LogP) is 1.75. The molecule has 0 spiro atoms. The van der Waals surface area contributed by atoms with Crippen molar-refractivity contribution in [2.75, 3.05) is 19.6 Å². The van der Waals surface area contributed by atoms with Crippen LogP contribution in [0.4, 0.5) is 0 Å². The van der Waals surface area contributed by atoms with Crippen LogP contribution in [0, 0.1) is 17.8 Å². The van der Waals surface area contributed by atoms with Crippen LogP contribution in [0.1, 0.15) is 38.5 Å². The van der Waals surface area contributed by atoms with Crippen molar-refractivity contribution in [3.8, 4) is 0 Å². The quantitative estimate of drug-likeness (QED) is 0.703. The first-order valence-electron chi connectivity index (χ1n) is 6.29. The highest BCUT2D eigenvalue weighted by Crippen LogP contribution is 2.29. The topological polar surface area (TPSA) is 38.0 Å². The van der Waals surface area contributed by atoms with E-state index in [1.54, 1.807) is 0 Å². The van der Waals surface area contributed by atoms with Crippen LogP contribution in [0.2, 0.25) is 0 Å². The highest BCUT2D eigenvalue weighted by molar-refractivity contribution is 4.78. The zero-order valence-corrected chi connectivity index (χ0v) is 9.17. The van der Waals surface area contributed by atoms with Gasteiger partial charge in [0.1, 0.15) is 0 Å². The lowest BCUT2D eigenvalue weighted by Gasteiger charge is -2.27. The van der Waals surface area contributed by atoms with E-state index < -0.39 is 0 Å². The van der Waals surface area contributed by atoms with Gasteiger partial charge in [0.2, 0.25) is 0 Å². The predicted molar refractivity (Wildman–Crippen MR) is 60.1 cm³/mol. The normalized spacial score (nSPS) is 33.2. The van der Waals surface area contributed by atoms with Gasteiger partial charge in [-0.3, -0.25) is 0 Å². The van der Waals surface area contributed by atoms with E-state index in [1.165, 1.54) is 51.6 Å². The molecule has 0 saturated heterocycles. The Morgan fingerprint density at radius 3 is 1.64 bits per heavy atom. The van der Waals surface area contributed by atoms with E-state index in [1.807, 2.05) is 0 Å². The van der Waals surface area contributed by atoms with Crippen LogP contribution in [-0.4, -0.2) is 19.6 Å². The Bertz CT molecular complexity index is 158. The number of nitrogens with one attached hydrogen (secondary N) is 1. The Hall–Kier alpha value is -0.0800. The summed E-state index contributed by atoms with van der Waals surface area (Å²) >= 11 is 0. The first-order valence-corrected chi connectivity index (χ1v) is 6.29. The van der Waals surface area contributed by atoms with Crippen LogP contribution in [0.15, 0.2) is 0 Å². The van der Waals surface area contributed by atoms with Crippen molar-refractivity contribution in [1.29, 1.82) is 0 Å². The zero-order valence-electron chi connectivity index (χ0n) is 9.17. The molecule has 0 amide bonds. The molecule has 0 atom stereocenters. The molecule has 0 aromatic heterocycles. The molecule has 0 bridgehead atoms. The molecule has 82 valence electrons. The molecule has 2 heteroatoms. The van der Waals surface area contributed by atoms with E-state index in [9.17, 15) is 0 Å². The highest BCUT2D eigenvalue weighted by atomic mass is 14.9. The lowest BCUT2D eigenvalue weighted by molar-refractivity contribution is 0.272. The molecule has 2 nitrogen and oxygen atoms in total. The van der Waals surface area contributed by atoms with Crippen molar-refractivity contribution in [3.05, 3.63) is 0 Å². The summed E-state index contributed by atoms with van der Waals surface area (Å²) in [7, 11) is 0. The average Bonchev–Trinajstić information content (AvgIpc) is 3.03. The van der Waals surface area contributed by atoms with Crippen LogP contribution >= 0.6 is 0 Å². The van der Waals surface area contributed by atoms with Crippen LogP contribution in [0.3, 0.4) is 0 Å². The average molecular weight is 196 g/mol. The third kappa shape index (κ3) is 3.25. The van der Waals surface area contributed by atoms with Gasteiger partial charge in [-0.05, 0) is 75.9 Å². The Morgan fingerprint density at radius 2 is 1.21 bits per heavy atom. The summed E-state index contributed by atoms with van der Waals surface area (Å²) in [6.45, 7) is 3.44. The molecule has 2 fully saturated rings. The summed E-state index contributed by atoms with van der Waals surface area (Å²) in [5.41, 5.74) is 5.68. The summed E-state index contributed by atoms with van der Waals surface area (Å²) in [6.07, 6.45) is 8.47. The maximum absolute atomic E-state index is 5.68. The molecule has 2 aliphatic carbocycles. The van der Waals surface area contributed by atoms with E-state index in [-0.39, 0.29) is 0 Å². The molecule has 3 N–H and O–H groups in total. The van der Waals surface area contributed by atoms with Gasteiger partial charge in [0.05, 0.1) is 0 Å². The molecule has 2 saturated carbocycles. The molecule has 14 heavy (non-hydrogen) atoms. The number of rotatable bonds is 5. The summed E-state index contributed by atoms with van der Waals surface area (Å²) < 4.78 is 0. The third-order valence-corrected chi connectivity index (χ3v) is 3.86. The maximum atomic E-state index is 5.68. The number of nitrogens with two attached hydrogens (primary N) is 1. The Balaban J connectivity index is 1.53. The van der Waals surface area contributed by atoms with Gasteiger partial charge >= 0.3 is 0 Å². The highest BCUT2D eigenvalue weighted by Gasteiger charge is 2.22. The van der Waals surface area contributed by atoms with Crippen LogP contribution < -0.4 is 11.1 Å². The fraction of sp³-hybridized carbons (Fsp3) is 1.00. The van der Waals surface area contributed by atoms with E-state index >= 15 is 0 Å². The molecular weight excluding hydrogens is 172 g/mol. The molecular formula is C12H24N2. The van der Waals surface area contributed by atoms with Gasteiger partial charge in [0, 0.05) is 0 Å². The minimum absolute atomic E-state index is 0.828. The molecule has 0 heterocycles. The van der Waals surface area contributed by atoms with Crippen molar-refractivity contribution >= 4 is 0 Å². The molecule has 0 aromatic rings. The van der Waals surface area contributed by atoms with E-state index in [2.05, 4.69) is 5.32 Å². The second kappa shape index (κ2) is 5.13. The van der Waals surface area contributed by atoms with Crippen LogP contribution in [-0.2, 0) is 0 Å². The second-order valence-electron chi connectivity index (χ2n) is 5.22. The van der Waals surface area contributed by atoms with Crippen LogP contribution in [0.25, 0.3) is 0 Å². The first-order chi connectivity index (χ1) is 6.88. The second-order valence-corrected chi connectivity index (χ2v) is 5.22.